The van der Waals surface area contributed by atoms with Gasteiger partial charge in [0.05, 0.1) is 56.5 Å². The minimum absolute atomic E-state index is 0.0393. The Morgan fingerprint density at radius 3 is 2.27 bits per heavy atom. The van der Waals surface area contributed by atoms with Gasteiger partial charge in [0.2, 0.25) is 17.6 Å². The van der Waals surface area contributed by atoms with Gasteiger partial charge in [-0.1, -0.05) is 71.1 Å². The SMILES string of the molecule is COc1ccc(-c2cc3c(C)nc(N)nc3n(C3CCC(OCCO[C@@H]4C[C@@H]5CC[C@@H](C)[C@@](O)(O5)C(=O)C(=O)N5CCCC[C@H]5C(=O)O[C@H](C(C)C[C@H]5CC[C@@H](O)[C@H](OC)C5)CC(=O)[C@H](C)/C=C(\C)[C@@H](O)[C@@H](OC)C(=O)[C@H](C)C[C@H](C)/C=C/C=C/C=C\4C)CC3)c2=O)cn1. The van der Waals surface area contributed by atoms with Crippen LogP contribution >= 0.6 is 0 Å². The van der Waals surface area contributed by atoms with Crippen LogP contribution < -0.4 is 16.0 Å². The van der Waals surface area contributed by atoms with E-state index in [2.05, 4.69) is 15.0 Å². The molecule has 2 aliphatic carbocycles. The van der Waals surface area contributed by atoms with Gasteiger partial charge in [0.1, 0.15) is 35.8 Å². The smallest absolute Gasteiger partial charge is 0.329 e. The van der Waals surface area contributed by atoms with Crippen LogP contribution in [0.25, 0.3) is 22.2 Å². The van der Waals surface area contributed by atoms with E-state index in [9.17, 15) is 44.1 Å². The lowest BCUT2D eigenvalue weighted by molar-refractivity contribution is -0.266. The molecule has 0 spiro atoms. The molecule has 0 radical (unpaired) electrons. The molecule has 4 fully saturated rings. The molecule has 1 unspecified atom stereocenters. The molecule has 3 aromatic heterocycles. The van der Waals surface area contributed by atoms with Gasteiger partial charge in [-0.3, -0.25) is 28.5 Å². The molecule has 3 aromatic rings. The Kier molecular flexibility index (Phi) is 26.2. The van der Waals surface area contributed by atoms with E-state index < -0.39 is 83.9 Å². The minimum Gasteiger partial charge on any atom is -0.481 e. The minimum atomic E-state index is -2.54. The van der Waals surface area contributed by atoms with E-state index in [4.69, 9.17) is 38.9 Å². The van der Waals surface area contributed by atoms with Crippen LogP contribution in [0.5, 0.6) is 5.88 Å². The first-order chi connectivity index (χ1) is 44.8. The van der Waals surface area contributed by atoms with Crippen molar-refractivity contribution >= 4 is 46.2 Å². The van der Waals surface area contributed by atoms with E-state index in [0.29, 0.717) is 123 Å². The number of pyridine rings is 2. The van der Waals surface area contributed by atoms with Crippen LogP contribution in [0.1, 0.15) is 163 Å². The highest BCUT2D eigenvalue weighted by Gasteiger charge is 2.53. The Morgan fingerprint density at radius 2 is 1.56 bits per heavy atom. The van der Waals surface area contributed by atoms with E-state index in [1.807, 2.05) is 65.0 Å². The molecule has 516 valence electrons. The van der Waals surface area contributed by atoms with Gasteiger partial charge >= 0.3 is 5.97 Å². The van der Waals surface area contributed by atoms with Crippen LogP contribution in [0, 0.1) is 42.4 Å². The summed E-state index contributed by atoms with van der Waals surface area (Å²) in [5.41, 5.74) is 9.34. The Morgan fingerprint density at radius 1 is 0.819 bits per heavy atom. The number of anilines is 1. The summed E-state index contributed by atoms with van der Waals surface area (Å²) in [6, 6.07) is 3.91. The van der Waals surface area contributed by atoms with Gasteiger partial charge in [0.15, 0.2) is 5.78 Å². The molecule has 22 heteroatoms. The third kappa shape index (κ3) is 18.0. The van der Waals surface area contributed by atoms with Crippen molar-refractivity contribution in [2.24, 2.45) is 35.5 Å². The van der Waals surface area contributed by atoms with Crippen LogP contribution in [0.4, 0.5) is 5.95 Å². The fraction of sp³-hybridized carbons (Fsp3) is 0.653. The number of methoxy groups -OCH3 is 3. The maximum absolute atomic E-state index is 14.7. The molecule has 3 aliphatic heterocycles. The molecular formula is C72H102N6O16. The van der Waals surface area contributed by atoms with Gasteiger partial charge in [0, 0.05) is 86.2 Å². The Hall–Kier alpha value is -6.37. The van der Waals surface area contributed by atoms with Crippen LogP contribution in [-0.2, 0) is 52.4 Å². The number of rotatable bonds is 13. The zero-order valence-electron chi connectivity index (χ0n) is 56.9. The number of amides is 1. The number of allylic oxidation sites excluding steroid dienone is 6. The average molecular weight is 1310 g/mol. The van der Waals surface area contributed by atoms with E-state index in [1.54, 1.807) is 62.9 Å². The lowest BCUT2D eigenvalue weighted by atomic mass is 9.78. The summed E-state index contributed by atoms with van der Waals surface area (Å²) in [7, 11) is 4.47. The number of Topliss-reactive ketones (excluding diaryl/α,β-unsaturated/α-hetero) is 3. The number of ketones is 3. The molecule has 2 bridgehead atoms. The van der Waals surface area contributed by atoms with E-state index in [-0.39, 0.29) is 98.1 Å². The van der Waals surface area contributed by atoms with Gasteiger partial charge in [-0.25, -0.2) is 14.8 Å². The highest BCUT2D eigenvalue weighted by molar-refractivity contribution is 6.39. The highest BCUT2D eigenvalue weighted by Crippen LogP contribution is 2.39. The molecule has 22 nitrogen and oxygen atoms in total. The summed E-state index contributed by atoms with van der Waals surface area (Å²) in [4.78, 5) is 101. The predicted octanol–water partition coefficient (Wildman–Crippen LogP) is 8.82. The lowest BCUT2D eigenvalue weighted by Gasteiger charge is -2.43. The topological polar surface area (TPSA) is 301 Å². The molecule has 94 heavy (non-hydrogen) atoms. The number of piperidine rings is 1. The number of aromatic nitrogens is 4. The highest BCUT2D eigenvalue weighted by atomic mass is 16.6. The summed E-state index contributed by atoms with van der Waals surface area (Å²) in [6.07, 6.45) is 14.1. The average Bonchev–Trinajstić information content (AvgIpc) is 0.760. The second-order valence-corrected chi connectivity index (χ2v) is 27.3. The van der Waals surface area contributed by atoms with Crippen molar-refractivity contribution in [3.63, 3.8) is 0 Å². The number of carbonyl (C=O) groups excluding carboxylic acids is 5. The number of esters is 1. The number of carbonyl (C=O) groups is 5. The van der Waals surface area contributed by atoms with Crippen molar-refractivity contribution in [3.05, 3.63) is 88.0 Å². The number of cyclic esters (lactones) is 1. The maximum Gasteiger partial charge on any atom is 0.329 e. The molecule has 2 saturated carbocycles. The molecular weight excluding hydrogens is 1200 g/mol. The van der Waals surface area contributed by atoms with Crippen LogP contribution in [0.2, 0.25) is 0 Å². The lowest BCUT2D eigenvalue weighted by Crippen LogP contribution is -2.61. The van der Waals surface area contributed by atoms with Gasteiger partial charge in [-0.15, -0.1) is 0 Å². The maximum atomic E-state index is 14.7. The van der Waals surface area contributed by atoms with Crippen molar-refractivity contribution in [1.82, 2.24) is 24.4 Å². The number of ether oxygens (including phenoxy) is 7. The predicted molar refractivity (Wildman–Crippen MR) is 354 cm³/mol. The number of nitrogens with zero attached hydrogens (tertiary/aromatic N) is 5. The quantitative estimate of drug-likeness (QED) is 0.0537. The standard InChI is InChI=1S/C72H102N6O16/c1-41-17-13-12-14-18-42(2)59(92-32-31-91-52-26-23-51(24-27-52)78-67-54(48(8)75-71(73)76-67)38-55(68(78)84)50-22-29-62(89-10)74-40-50)37-53-25-20-47(7)72(87,94-53)66(83)69(85)77-30-16-15-19-56(77)70(86)93-60(44(4)35-49-21-28-57(79)61(36-49)88-9)39-58(80)43(3)34-46(6)64(82)65(90-11)63(81)45(5)33-41/h12-14,17-18,22,29,34,38,40-41,43-45,47,49,51-53,56-57,59-61,64-65,79,82,87H,15-16,19-21,23-28,30-33,35-37,39H2,1-11H3,(H2,73,75,76)/b14-12+,17-13+,42-18-,46-34+/t41-,43-,44?,45-,47-,49-,51?,52?,53+,56+,57-,59-,60+,61-,64-,65+,72-/m1/s1. The third-order valence-corrected chi connectivity index (χ3v) is 20.3. The fourth-order valence-corrected chi connectivity index (χ4v) is 14.5. The number of fused-ring (bicyclic) bond motifs is 4. The summed E-state index contributed by atoms with van der Waals surface area (Å²) >= 11 is 0. The van der Waals surface area contributed by atoms with Gasteiger partial charge in [-0.05, 0) is 152 Å². The van der Waals surface area contributed by atoms with Gasteiger partial charge < -0.3 is 59.1 Å². The summed E-state index contributed by atoms with van der Waals surface area (Å²) < 4.78 is 44.2. The van der Waals surface area contributed by atoms with Crippen LogP contribution in [0.15, 0.2) is 76.8 Å². The summed E-state index contributed by atoms with van der Waals surface area (Å²) in [5.74, 6) is -8.07. The molecule has 5 N–H and O–H groups in total. The first-order valence-corrected chi connectivity index (χ1v) is 33.9. The summed E-state index contributed by atoms with van der Waals surface area (Å²) in [6.45, 7) is 14.9. The number of aliphatic hydroxyl groups is 3. The molecule has 5 aliphatic rings. The number of hydrogen-bond donors (Lipinski definition) is 4. The summed E-state index contributed by atoms with van der Waals surface area (Å²) in [5, 5.41) is 35.4. The number of aliphatic hydroxyl groups excluding tert-OH is 2. The van der Waals surface area contributed by atoms with E-state index >= 15 is 0 Å². The molecule has 1 amide bonds. The van der Waals surface area contributed by atoms with Gasteiger partial charge in [-0.2, -0.15) is 4.98 Å². The number of nitrogen functional groups attached to an aromatic ring is 1. The Labute approximate surface area is 553 Å². The van der Waals surface area contributed by atoms with E-state index in [1.165, 1.54) is 19.1 Å². The Bertz CT molecular complexity index is 3300. The number of nitrogens with two attached hydrogens (primary N) is 1. The van der Waals surface area contributed by atoms with Crippen molar-refractivity contribution in [1.29, 1.82) is 0 Å². The van der Waals surface area contributed by atoms with Crippen molar-refractivity contribution in [2.75, 3.05) is 46.8 Å². The molecule has 0 aromatic carbocycles. The van der Waals surface area contributed by atoms with Crippen LogP contribution in [0.3, 0.4) is 0 Å². The zero-order valence-corrected chi connectivity index (χ0v) is 56.9. The third-order valence-electron chi connectivity index (χ3n) is 20.3. The monoisotopic (exact) mass is 1310 g/mol. The first-order valence-electron chi connectivity index (χ1n) is 33.9. The largest absolute Gasteiger partial charge is 0.481 e. The zero-order chi connectivity index (χ0) is 68.1. The van der Waals surface area contributed by atoms with Crippen molar-refractivity contribution in [2.45, 2.75) is 225 Å². The normalized spacial score (nSPS) is 34.1. The second-order valence-electron chi connectivity index (χ2n) is 27.3. The number of aryl methyl sites for hydroxylation is 1. The molecule has 8 rings (SSSR count). The Balaban J connectivity index is 1.01. The first kappa shape index (κ1) is 73.4. The van der Waals surface area contributed by atoms with Crippen molar-refractivity contribution in [3.8, 4) is 17.0 Å². The molecule has 2 saturated heterocycles. The van der Waals surface area contributed by atoms with Crippen molar-refractivity contribution < 1.29 is 72.5 Å². The molecule has 15 atom stereocenters. The second kappa shape index (κ2) is 33.5. The van der Waals surface area contributed by atoms with E-state index in [0.717, 1.165) is 5.57 Å². The molecule has 6 heterocycles. The fourth-order valence-electron chi connectivity index (χ4n) is 14.5. The van der Waals surface area contributed by atoms with Gasteiger partial charge in [0.25, 0.3) is 17.2 Å². The van der Waals surface area contributed by atoms with Crippen LogP contribution in [-0.4, -0.2) is 171 Å². The number of hydrogen-bond acceptors (Lipinski definition) is 20.